The number of carbonyl (C=O) groups excluding carboxylic acids is 1. The molecule has 0 N–H and O–H groups in total. The van der Waals surface area contributed by atoms with Crippen LogP contribution in [0, 0.1) is 5.92 Å². The summed E-state index contributed by atoms with van der Waals surface area (Å²) in [6.07, 6.45) is 8.39. The zero-order valence-corrected chi connectivity index (χ0v) is 15.4. The largest absolute Gasteiger partial charge is 0.383 e. The zero-order chi connectivity index (χ0) is 17.5. The molecule has 3 heterocycles. The number of hydrogen-bond donors (Lipinski definition) is 0. The predicted octanol–water partition coefficient (Wildman–Crippen LogP) is 2.36. The van der Waals surface area contributed by atoms with Crippen molar-refractivity contribution in [1.29, 1.82) is 0 Å². The maximum absolute atomic E-state index is 12.5. The predicted molar refractivity (Wildman–Crippen MR) is 98.3 cm³/mol. The molecule has 0 saturated carbocycles. The Morgan fingerprint density at radius 1 is 1.20 bits per heavy atom. The van der Waals surface area contributed by atoms with Gasteiger partial charge in [-0.05, 0) is 50.3 Å². The summed E-state index contributed by atoms with van der Waals surface area (Å²) in [6, 6.07) is 6.44. The minimum absolute atomic E-state index is 0.219. The summed E-state index contributed by atoms with van der Waals surface area (Å²) in [7, 11) is 1.78. The quantitative estimate of drug-likeness (QED) is 0.794. The van der Waals surface area contributed by atoms with Gasteiger partial charge >= 0.3 is 0 Å². The first-order chi connectivity index (χ1) is 12.3. The van der Waals surface area contributed by atoms with Gasteiger partial charge in [0.05, 0.1) is 13.0 Å². The molecule has 0 spiro atoms. The number of aromatic nitrogens is 1. The van der Waals surface area contributed by atoms with E-state index in [1.807, 2.05) is 23.1 Å². The van der Waals surface area contributed by atoms with E-state index in [0.717, 1.165) is 50.7 Å². The van der Waals surface area contributed by atoms with Crippen LogP contribution < -0.4 is 0 Å². The van der Waals surface area contributed by atoms with E-state index in [-0.39, 0.29) is 5.91 Å². The first-order valence-corrected chi connectivity index (χ1v) is 9.68. The number of piperidine rings is 2. The smallest absolute Gasteiger partial charge is 0.228 e. The Hall–Kier alpha value is -1.46. The van der Waals surface area contributed by atoms with Crippen molar-refractivity contribution in [1.82, 2.24) is 14.8 Å². The van der Waals surface area contributed by atoms with Crippen molar-refractivity contribution in [3.8, 4) is 0 Å². The molecule has 5 heteroatoms. The van der Waals surface area contributed by atoms with Crippen molar-refractivity contribution in [2.24, 2.45) is 5.92 Å². The van der Waals surface area contributed by atoms with Crippen molar-refractivity contribution < 1.29 is 9.53 Å². The fourth-order valence-electron chi connectivity index (χ4n) is 4.34. The lowest BCUT2D eigenvalue weighted by molar-refractivity contribution is -0.132. The highest BCUT2D eigenvalue weighted by Gasteiger charge is 2.33. The average Bonchev–Trinajstić information content (AvgIpc) is 2.67. The fourth-order valence-corrected chi connectivity index (χ4v) is 4.34. The van der Waals surface area contributed by atoms with Crippen LogP contribution in [0.2, 0.25) is 0 Å². The van der Waals surface area contributed by atoms with Crippen LogP contribution in [-0.2, 0) is 16.0 Å². The van der Waals surface area contributed by atoms with Crippen LogP contribution in [-0.4, -0.2) is 66.6 Å². The summed E-state index contributed by atoms with van der Waals surface area (Å²) >= 11 is 0. The molecule has 1 aromatic rings. The standard InChI is InChI=1S/C20H31N3O2/c1-25-15-14-22-11-5-3-7-19(22)17-8-12-23(13-9-17)20(24)16-18-6-2-4-10-21-18/h2,4,6,10,17,19H,3,5,7-9,11-16H2,1H3. The summed E-state index contributed by atoms with van der Waals surface area (Å²) in [6.45, 7) is 4.85. The summed E-state index contributed by atoms with van der Waals surface area (Å²) in [5.74, 6) is 0.938. The third-order valence-corrected chi connectivity index (χ3v) is 5.74. The van der Waals surface area contributed by atoms with Gasteiger partial charge in [0, 0.05) is 44.7 Å². The monoisotopic (exact) mass is 345 g/mol. The van der Waals surface area contributed by atoms with E-state index in [4.69, 9.17) is 4.74 Å². The molecule has 1 atom stereocenters. The maximum atomic E-state index is 12.5. The second-order valence-electron chi connectivity index (χ2n) is 7.31. The van der Waals surface area contributed by atoms with Crippen molar-refractivity contribution in [3.63, 3.8) is 0 Å². The second kappa shape index (κ2) is 9.30. The molecule has 1 unspecified atom stereocenters. The van der Waals surface area contributed by atoms with Gasteiger partial charge in [0.1, 0.15) is 0 Å². The first kappa shape index (κ1) is 18.3. The minimum atomic E-state index is 0.219. The van der Waals surface area contributed by atoms with Crippen LogP contribution >= 0.6 is 0 Å². The molecular weight excluding hydrogens is 314 g/mol. The summed E-state index contributed by atoms with van der Waals surface area (Å²) < 4.78 is 5.28. The van der Waals surface area contributed by atoms with Crippen LogP contribution in [0.25, 0.3) is 0 Å². The van der Waals surface area contributed by atoms with Crippen LogP contribution in [0.4, 0.5) is 0 Å². The molecule has 2 aliphatic heterocycles. The third-order valence-electron chi connectivity index (χ3n) is 5.74. The van der Waals surface area contributed by atoms with Crippen LogP contribution in [0.1, 0.15) is 37.8 Å². The number of methoxy groups -OCH3 is 1. The molecule has 1 aromatic heterocycles. The minimum Gasteiger partial charge on any atom is -0.383 e. The van der Waals surface area contributed by atoms with Crippen LogP contribution in [0.5, 0.6) is 0 Å². The molecule has 1 amide bonds. The van der Waals surface area contributed by atoms with Crippen LogP contribution in [0.15, 0.2) is 24.4 Å². The molecule has 2 saturated heterocycles. The summed E-state index contributed by atoms with van der Waals surface area (Å²) in [5.41, 5.74) is 0.868. The van der Waals surface area contributed by atoms with Gasteiger partial charge in [-0.2, -0.15) is 0 Å². The lowest BCUT2D eigenvalue weighted by atomic mass is 9.83. The van der Waals surface area contributed by atoms with E-state index in [1.54, 1.807) is 13.3 Å². The van der Waals surface area contributed by atoms with Crippen molar-refractivity contribution in [3.05, 3.63) is 30.1 Å². The first-order valence-electron chi connectivity index (χ1n) is 9.68. The highest BCUT2D eigenvalue weighted by Crippen LogP contribution is 2.30. The average molecular weight is 345 g/mol. The van der Waals surface area contributed by atoms with Crippen molar-refractivity contribution in [2.75, 3.05) is 39.9 Å². The Labute approximate surface area is 151 Å². The normalized spacial score (nSPS) is 22.9. The Morgan fingerprint density at radius 2 is 2.04 bits per heavy atom. The second-order valence-corrected chi connectivity index (χ2v) is 7.31. The molecule has 2 fully saturated rings. The number of ether oxygens (including phenoxy) is 1. The van der Waals surface area contributed by atoms with Gasteiger partial charge in [-0.25, -0.2) is 0 Å². The molecule has 0 bridgehead atoms. The summed E-state index contributed by atoms with van der Waals surface area (Å²) in [4.78, 5) is 21.5. The SMILES string of the molecule is COCCN1CCCCC1C1CCN(C(=O)Cc2ccccn2)CC1. The number of rotatable bonds is 6. The van der Waals surface area contributed by atoms with E-state index in [9.17, 15) is 4.79 Å². The molecule has 0 aliphatic carbocycles. The van der Waals surface area contributed by atoms with E-state index < -0.39 is 0 Å². The molecule has 138 valence electrons. The van der Waals surface area contributed by atoms with Gasteiger partial charge in [-0.1, -0.05) is 12.5 Å². The van der Waals surface area contributed by atoms with Gasteiger partial charge in [-0.15, -0.1) is 0 Å². The van der Waals surface area contributed by atoms with E-state index in [1.165, 1.54) is 25.8 Å². The molecule has 2 aliphatic rings. The van der Waals surface area contributed by atoms with E-state index in [2.05, 4.69) is 9.88 Å². The number of amides is 1. The highest BCUT2D eigenvalue weighted by atomic mass is 16.5. The molecule has 5 nitrogen and oxygen atoms in total. The fraction of sp³-hybridized carbons (Fsp3) is 0.700. The Kier molecular flexibility index (Phi) is 6.82. The third kappa shape index (κ3) is 5.02. The molecule has 25 heavy (non-hydrogen) atoms. The molecule has 0 radical (unpaired) electrons. The van der Waals surface area contributed by atoms with E-state index >= 15 is 0 Å². The lowest BCUT2D eigenvalue weighted by Crippen LogP contribution is -2.49. The number of pyridine rings is 1. The Bertz CT molecular complexity index is 529. The Morgan fingerprint density at radius 3 is 2.76 bits per heavy atom. The summed E-state index contributed by atoms with van der Waals surface area (Å²) in [5, 5.41) is 0. The molecule has 3 rings (SSSR count). The molecular formula is C20H31N3O2. The van der Waals surface area contributed by atoms with E-state index in [0.29, 0.717) is 12.5 Å². The maximum Gasteiger partial charge on any atom is 0.228 e. The van der Waals surface area contributed by atoms with Gasteiger partial charge in [-0.3, -0.25) is 14.7 Å². The Balaban J connectivity index is 1.49. The number of carbonyl (C=O) groups is 1. The van der Waals surface area contributed by atoms with Crippen molar-refractivity contribution >= 4 is 5.91 Å². The topological polar surface area (TPSA) is 45.7 Å². The zero-order valence-electron chi connectivity index (χ0n) is 15.4. The van der Waals surface area contributed by atoms with Gasteiger partial charge in [0.15, 0.2) is 0 Å². The highest BCUT2D eigenvalue weighted by molar-refractivity contribution is 5.78. The molecule has 0 aromatic carbocycles. The van der Waals surface area contributed by atoms with Crippen LogP contribution in [0.3, 0.4) is 0 Å². The number of nitrogens with zero attached hydrogens (tertiary/aromatic N) is 3. The van der Waals surface area contributed by atoms with Crippen molar-refractivity contribution in [2.45, 2.75) is 44.6 Å². The van der Waals surface area contributed by atoms with Gasteiger partial charge < -0.3 is 9.64 Å². The lowest BCUT2D eigenvalue weighted by Gasteiger charge is -2.43. The number of likely N-dealkylation sites (tertiary alicyclic amines) is 2. The van der Waals surface area contributed by atoms with Gasteiger partial charge in [0.25, 0.3) is 0 Å². The van der Waals surface area contributed by atoms with Gasteiger partial charge in [0.2, 0.25) is 5.91 Å². The number of hydrogen-bond acceptors (Lipinski definition) is 4.